The minimum atomic E-state index is -1.47. The normalized spacial score (nSPS) is 26.4. The molecule has 2 aliphatic heterocycles. The van der Waals surface area contributed by atoms with Gasteiger partial charge in [0.25, 0.3) is 5.56 Å². The lowest BCUT2D eigenvalue weighted by molar-refractivity contribution is -0.0234. The van der Waals surface area contributed by atoms with Crippen molar-refractivity contribution >= 4 is 17.3 Å². The number of hydrogen-bond donors (Lipinski definition) is 1. The topological polar surface area (TPSA) is 65.4 Å². The van der Waals surface area contributed by atoms with Crippen molar-refractivity contribution in [2.24, 2.45) is 5.92 Å². The van der Waals surface area contributed by atoms with Crippen molar-refractivity contribution < 1.29 is 13.9 Å². The summed E-state index contributed by atoms with van der Waals surface area (Å²) in [4.78, 5) is 12.8. The van der Waals surface area contributed by atoms with Gasteiger partial charge in [0, 0.05) is 6.61 Å². The van der Waals surface area contributed by atoms with Crippen molar-refractivity contribution in [2.45, 2.75) is 57.4 Å². The van der Waals surface area contributed by atoms with Gasteiger partial charge in [-0.15, -0.1) is 0 Å². The molecule has 2 fully saturated rings. The molecule has 3 atom stereocenters. The second-order valence-corrected chi connectivity index (χ2v) is 9.20. The molecule has 0 unspecified atom stereocenters. The first-order valence-electron chi connectivity index (χ1n) is 10.9. The van der Waals surface area contributed by atoms with Crippen LogP contribution in [-0.4, -0.2) is 41.3 Å². The Bertz CT molecular complexity index is 958. The highest BCUT2D eigenvalue weighted by molar-refractivity contribution is 6.32. The zero-order valence-electron chi connectivity index (χ0n) is 17.9. The number of ether oxygens (including phenoxy) is 2. The predicted molar refractivity (Wildman–Crippen MR) is 119 cm³/mol. The van der Waals surface area contributed by atoms with E-state index in [9.17, 15) is 9.18 Å². The Balaban J connectivity index is 1.46. The van der Waals surface area contributed by atoms with E-state index in [0.29, 0.717) is 36.7 Å². The van der Waals surface area contributed by atoms with E-state index in [2.05, 4.69) is 24.3 Å². The van der Waals surface area contributed by atoms with Crippen LogP contribution >= 0.6 is 11.6 Å². The third kappa shape index (κ3) is 4.94. The van der Waals surface area contributed by atoms with E-state index in [1.54, 1.807) is 0 Å². The third-order valence-electron chi connectivity index (χ3n) is 6.09. The number of aromatic nitrogens is 2. The van der Waals surface area contributed by atoms with Crippen LogP contribution in [0.2, 0.25) is 5.02 Å². The summed E-state index contributed by atoms with van der Waals surface area (Å²) >= 11 is 6.28. The van der Waals surface area contributed by atoms with E-state index >= 15 is 0 Å². The number of nitrogens with zero attached hydrogens (tertiary/aromatic N) is 2. The summed E-state index contributed by atoms with van der Waals surface area (Å²) < 4.78 is 27.3. The Morgan fingerprint density at radius 1 is 1.32 bits per heavy atom. The van der Waals surface area contributed by atoms with Gasteiger partial charge in [0.05, 0.1) is 42.9 Å². The Labute approximate surface area is 186 Å². The average molecular weight is 450 g/mol. The van der Waals surface area contributed by atoms with Crippen molar-refractivity contribution in [2.75, 3.05) is 25.1 Å². The Morgan fingerprint density at radius 3 is 2.74 bits per heavy atom. The minimum Gasteiger partial charge on any atom is -0.379 e. The van der Waals surface area contributed by atoms with Crippen LogP contribution in [0.4, 0.5) is 10.1 Å². The molecule has 1 aromatic carbocycles. The highest BCUT2D eigenvalue weighted by Crippen LogP contribution is 2.35. The van der Waals surface area contributed by atoms with Gasteiger partial charge in [-0.1, -0.05) is 37.6 Å². The zero-order chi connectivity index (χ0) is 22.0. The molecule has 4 rings (SSSR count). The predicted octanol–water partition coefficient (Wildman–Crippen LogP) is 4.69. The van der Waals surface area contributed by atoms with Crippen LogP contribution in [-0.2, 0) is 9.47 Å². The molecule has 3 heterocycles. The summed E-state index contributed by atoms with van der Waals surface area (Å²) in [6, 6.07) is 7.62. The average Bonchev–Trinajstić information content (AvgIpc) is 3.26. The molecule has 0 spiro atoms. The second kappa shape index (κ2) is 9.27. The van der Waals surface area contributed by atoms with Gasteiger partial charge in [0.15, 0.2) is 5.67 Å². The molecule has 31 heavy (non-hydrogen) atoms. The summed E-state index contributed by atoms with van der Waals surface area (Å²) in [5.74, 6) is 0.499. The monoisotopic (exact) mass is 449 g/mol. The minimum absolute atomic E-state index is 0.0155. The number of rotatable bonds is 6. The van der Waals surface area contributed by atoms with Gasteiger partial charge < -0.3 is 14.8 Å². The van der Waals surface area contributed by atoms with Crippen molar-refractivity contribution in [1.29, 1.82) is 0 Å². The molecule has 8 heteroatoms. The number of alkyl halides is 1. The maximum Gasteiger partial charge on any atom is 0.292 e. The Morgan fingerprint density at radius 2 is 2.10 bits per heavy atom. The highest BCUT2D eigenvalue weighted by atomic mass is 35.5. The molecule has 0 aliphatic carbocycles. The molecule has 2 aliphatic rings. The van der Waals surface area contributed by atoms with Crippen molar-refractivity contribution in [3.05, 3.63) is 51.4 Å². The first-order chi connectivity index (χ1) is 14.9. The van der Waals surface area contributed by atoms with E-state index in [1.165, 1.54) is 10.9 Å². The van der Waals surface area contributed by atoms with Gasteiger partial charge in [-0.25, -0.2) is 4.39 Å². The largest absolute Gasteiger partial charge is 0.379 e. The summed E-state index contributed by atoms with van der Waals surface area (Å²) in [7, 11) is 0. The van der Waals surface area contributed by atoms with Gasteiger partial charge in [-0.2, -0.15) is 9.78 Å². The number of hydrogen-bond acceptors (Lipinski definition) is 5. The van der Waals surface area contributed by atoms with Crippen molar-refractivity contribution in [1.82, 2.24) is 9.78 Å². The molecule has 2 saturated heterocycles. The van der Waals surface area contributed by atoms with E-state index in [4.69, 9.17) is 21.1 Å². The van der Waals surface area contributed by atoms with Crippen molar-refractivity contribution in [3.63, 3.8) is 0 Å². The number of nitrogens with one attached hydrogen (secondary N) is 1. The molecule has 168 valence electrons. The molecule has 6 nitrogen and oxygen atoms in total. The fraction of sp³-hybridized carbons (Fsp3) is 0.565. The van der Waals surface area contributed by atoms with Gasteiger partial charge >= 0.3 is 0 Å². The molecule has 0 bridgehead atoms. The maximum absolute atomic E-state index is 14.7. The smallest absolute Gasteiger partial charge is 0.292 e. The SMILES string of the molecule is CC(C)[C@@H]1CC[C@H](c2ccc(-n3ncc(NC[C@@]4(F)CCCOC4)c(Cl)c3=O)cc2)O1. The van der Waals surface area contributed by atoms with E-state index in [-0.39, 0.29) is 30.4 Å². The maximum atomic E-state index is 14.7. The lowest BCUT2D eigenvalue weighted by Gasteiger charge is -2.29. The Kier molecular flexibility index (Phi) is 6.65. The number of anilines is 1. The first-order valence-corrected chi connectivity index (χ1v) is 11.3. The quantitative estimate of drug-likeness (QED) is 0.692. The van der Waals surface area contributed by atoms with Crippen LogP contribution < -0.4 is 10.9 Å². The summed E-state index contributed by atoms with van der Waals surface area (Å²) in [6.07, 6.45) is 4.96. The summed E-state index contributed by atoms with van der Waals surface area (Å²) in [5.41, 5.74) is 0.101. The van der Waals surface area contributed by atoms with Crippen LogP contribution in [0.15, 0.2) is 35.3 Å². The molecule has 1 aromatic heterocycles. The highest BCUT2D eigenvalue weighted by Gasteiger charge is 2.33. The molecule has 2 aromatic rings. The van der Waals surface area contributed by atoms with Crippen molar-refractivity contribution in [3.8, 4) is 5.69 Å². The van der Waals surface area contributed by atoms with Crippen LogP contribution in [0.1, 0.15) is 51.2 Å². The summed E-state index contributed by atoms with van der Waals surface area (Å²) in [5, 5.41) is 7.14. The molecule has 0 radical (unpaired) electrons. The lowest BCUT2D eigenvalue weighted by atomic mass is 9.99. The van der Waals surface area contributed by atoms with Gasteiger partial charge in [0.2, 0.25) is 0 Å². The van der Waals surface area contributed by atoms with Gasteiger partial charge in [-0.05, 0) is 49.3 Å². The van der Waals surface area contributed by atoms with Crippen LogP contribution in [0.25, 0.3) is 5.69 Å². The Hall–Kier alpha value is -1.96. The van der Waals surface area contributed by atoms with E-state index in [0.717, 1.165) is 18.4 Å². The number of halogens is 2. The van der Waals surface area contributed by atoms with E-state index in [1.807, 2.05) is 24.3 Å². The third-order valence-corrected chi connectivity index (χ3v) is 6.46. The lowest BCUT2D eigenvalue weighted by Crippen LogP contribution is -2.40. The number of benzene rings is 1. The van der Waals surface area contributed by atoms with Gasteiger partial charge in [-0.3, -0.25) is 4.79 Å². The zero-order valence-corrected chi connectivity index (χ0v) is 18.7. The first kappa shape index (κ1) is 22.2. The molecule has 1 N–H and O–H groups in total. The molecular weight excluding hydrogens is 421 g/mol. The van der Waals surface area contributed by atoms with Crippen LogP contribution in [0.5, 0.6) is 0 Å². The van der Waals surface area contributed by atoms with Crippen LogP contribution in [0.3, 0.4) is 0 Å². The van der Waals surface area contributed by atoms with E-state index < -0.39 is 11.2 Å². The van der Waals surface area contributed by atoms with Gasteiger partial charge in [0.1, 0.15) is 5.02 Å². The molecular formula is C23H29ClFN3O3. The molecule has 0 amide bonds. The fourth-order valence-electron chi connectivity index (χ4n) is 4.18. The standard InChI is InChI=1S/C23H29ClFN3O3/c1-15(2)19-8-9-20(31-19)16-4-6-17(7-5-16)28-22(29)21(24)18(12-27-28)26-13-23(25)10-3-11-30-14-23/h4-7,12,15,19-20,26H,3,8-11,13-14H2,1-2H3/t19-,20+,23-/m0/s1. The van der Waals surface area contributed by atoms with Crippen LogP contribution in [0, 0.1) is 5.92 Å². The molecule has 0 saturated carbocycles. The second-order valence-electron chi connectivity index (χ2n) is 8.83. The fourth-order valence-corrected chi connectivity index (χ4v) is 4.38. The summed E-state index contributed by atoms with van der Waals surface area (Å²) in [6.45, 7) is 4.98.